The first kappa shape index (κ1) is 20.2. The molecular weight excluding hydrogens is 384 g/mol. The molecule has 4 nitrogen and oxygen atoms in total. The third kappa shape index (κ3) is 4.59. The molecule has 0 bridgehead atoms. The van der Waals surface area contributed by atoms with Gasteiger partial charge in [0.25, 0.3) is 0 Å². The van der Waals surface area contributed by atoms with Crippen LogP contribution >= 0.6 is 11.6 Å². The molecule has 0 atom stereocenters. The van der Waals surface area contributed by atoms with E-state index < -0.39 is 0 Å². The summed E-state index contributed by atoms with van der Waals surface area (Å²) in [4.78, 5) is 18.1. The molecule has 0 aromatic heterocycles. The summed E-state index contributed by atoms with van der Waals surface area (Å²) < 4.78 is 0. The molecule has 1 radical (unpaired) electrons. The molecule has 2 aliphatic rings. The van der Waals surface area contributed by atoms with Crippen molar-refractivity contribution in [3.63, 3.8) is 0 Å². The van der Waals surface area contributed by atoms with E-state index in [1.807, 2.05) is 29.2 Å². The number of carbonyl (C=O) groups excluding carboxylic acids is 1. The molecule has 5 heteroatoms. The largest absolute Gasteiger partial charge is 0.508 e. The number of hydrogen-bond donors (Lipinski definition) is 1. The predicted octanol–water partition coefficient (Wildman–Crippen LogP) is 4.49. The zero-order chi connectivity index (χ0) is 20.2. The van der Waals surface area contributed by atoms with E-state index in [1.165, 1.54) is 32.1 Å². The van der Waals surface area contributed by atoms with Crippen molar-refractivity contribution in [3.05, 3.63) is 70.6 Å². The Labute approximate surface area is 178 Å². The number of nitrogens with zero attached hydrogens (tertiary/aromatic N) is 2. The van der Waals surface area contributed by atoms with E-state index in [2.05, 4.69) is 4.90 Å². The minimum absolute atomic E-state index is 0.00656. The summed E-state index contributed by atoms with van der Waals surface area (Å²) in [5.41, 5.74) is 1.51. The number of phenolic OH excluding ortho intramolecular Hbond substituents is 1. The minimum atomic E-state index is 0.00656. The van der Waals surface area contributed by atoms with Crippen LogP contribution < -0.4 is 0 Å². The van der Waals surface area contributed by atoms with Crippen LogP contribution in [0.1, 0.15) is 43.2 Å². The zero-order valence-corrected chi connectivity index (χ0v) is 17.4. The van der Waals surface area contributed by atoms with E-state index in [9.17, 15) is 9.90 Å². The highest BCUT2D eigenvalue weighted by atomic mass is 35.5. The van der Waals surface area contributed by atoms with Gasteiger partial charge in [-0.25, -0.2) is 0 Å². The maximum atomic E-state index is 13.6. The van der Waals surface area contributed by atoms with Crippen LogP contribution in [-0.4, -0.2) is 53.0 Å². The van der Waals surface area contributed by atoms with Crippen LogP contribution in [0.15, 0.2) is 48.5 Å². The molecule has 1 saturated carbocycles. The van der Waals surface area contributed by atoms with Crippen LogP contribution in [-0.2, 0) is 4.79 Å². The van der Waals surface area contributed by atoms with Crippen molar-refractivity contribution < 1.29 is 9.90 Å². The first-order valence-corrected chi connectivity index (χ1v) is 11.0. The number of phenols is 1. The lowest BCUT2D eigenvalue weighted by Crippen LogP contribution is -2.53. The molecule has 1 aliphatic heterocycles. The summed E-state index contributed by atoms with van der Waals surface area (Å²) in [7, 11) is 0. The highest BCUT2D eigenvalue weighted by Gasteiger charge is 2.33. The Kier molecular flexibility index (Phi) is 6.41. The Morgan fingerprint density at radius 1 is 0.897 bits per heavy atom. The fourth-order valence-electron chi connectivity index (χ4n) is 4.58. The maximum absolute atomic E-state index is 13.6. The van der Waals surface area contributed by atoms with Gasteiger partial charge in [-0.15, -0.1) is 0 Å². The summed E-state index contributed by atoms with van der Waals surface area (Å²) in [6, 6.07) is 14.9. The topological polar surface area (TPSA) is 43.8 Å². The summed E-state index contributed by atoms with van der Waals surface area (Å²) in [5, 5.41) is 10.2. The Morgan fingerprint density at radius 3 is 2.21 bits per heavy atom. The van der Waals surface area contributed by atoms with Crippen LogP contribution in [0.2, 0.25) is 5.02 Å². The first-order valence-electron chi connectivity index (χ1n) is 10.6. The third-order valence-corrected chi connectivity index (χ3v) is 6.54. The number of piperazine rings is 1. The van der Waals surface area contributed by atoms with Crippen molar-refractivity contribution in [2.24, 2.45) is 0 Å². The number of amides is 1. The standard InChI is InChI=1S/C24H28ClN2O2/c25-22-9-5-4-8-21(22)23(18-10-12-20(28)13-11-18)24(29)27-16-14-26(15-17-27)19-6-2-1-3-7-19/h4-5,8-13,19,28H,1-3,6-7,14-17H2. The van der Waals surface area contributed by atoms with Crippen molar-refractivity contribution >= 4 is 17.5 Å². The molecule has 0 spiro atoms. The van der Waals surface area contributed by atoms with Crippen molar-refractivity contribution in [1.82, 2.24) is 9.80 Å². The van der Waals surface area contributed by atoms with Gasteiger partial charge in [0, 0.05) is 37.2 Å². The second kappa shape index (κ2) is 9.19. The molecular formula is C24H28ClN2O2. The SMILES string of the molecule is O=C([C](c1ccc(O)cc1)c1ccccc1Cl)N1CCN(C2CCCCC2)CC1. The van der Waals surface area contributed by atoms with Gasteiger partial charge in [0.15, 0.2) is 0 Å². The fourth-order valence-corrected chi connectivity index (χ4v) is 4.81. The summed E-state index contributed by atoms with van der Waals surface area (Å²) in [6.45, 7) is 3.34. The third-order valence-electron chi connectivity index (χ3n) is 6.21. The maximum Gasteiger partial charge on any atom is 0.239 e. The molecule has 1 saturated heterocycles. The van der Waals surface area contributed by atoms with Gasteiger partial charge < -0.3 is 10.0 Å². The lowest BCUT2D eigenvalue weighted by Gasteiger charge is -2.41. The Hall–Kier alpha value is -2.04. The lowest BCUT2D eigenvalue weighted by atomic mass is 9.89. The number of carbonyl (C=O) groups is 1. The van der Waals surface area contributed by atoms with Gasteiger partial charge in [0.2, 0.25) is 5.91 Å². The number of aromatic hydroxyl groups is 1. The van der Waals surface area contributed by atoms with Crippen molar-refractivity contribution in [2.75, 3.05) is 26.2 Å². The van der Waals surface area contributed by atoms with E-state index in [0.717, 1.165) is 37.3 Å². The van der Waals surface area contributed by atoms with Crippen molar-refractivity contribution in [3.8, 4) is 5.75 Å². The summed E-state index contributed by atoms with van der Waals surface area (Å²) in [6.07, 6.45) is 6.60. The second-order valence-corrected chi connectivity index (χ2v) is 8.43. The molecule has 29 heavy (non-hydrogen) atoms. The molecule has 1 heterocycles. The van der Waals surface area contributed by atoms with E-state index in [0.29, 0.717) is 17.0 Å². The Morgan fingerprint density at radius 2 is 1.55 bits per heavy atom. The smallest absolute Gasteiger partial charge is 0.239 e. The van der Waals surface area contributed by atoms with Crippen molar-refractivity contribution in [1.29, 1.82) is 0 Å². The molecule has 1 amide bonds. The van der Waals surface area contributed by atoms with Crippen LogP contribution in [0.25, 0.3) is 0 Å². The van der Waals surface area contributed by atoms with Gasteiger partial charge in [-0.2, -0.15) is 0 Å². The van der Waals surface area contributed by atoms with Crippen LogP contribution in [0, 0.1) is 5.92 Å². The quantitative estimate of drug-likeness (QED) is 0.805. The van der Waals surface area contributed by atoms with Gasteiger partial charge in [0.1, 0.15) is 11.7 Å². The number of benzene rings is 2. The lowest BCUT2D eigenvalue weighted by molar-refractivity contribution is -0.130. The summed E-state index contributed by atoms with van der Waals surface area (Å²) >= 11 is 6.46. The molecule has 0 unspecified atom stereocenters. The highest BCUT2D eigenvalue weighted by molar-refractivity contribution is 6.32. The molecule has 2 aromatic carbocycles. The monoisotopic (exact) mass is 411 g/mol. The fraction of sp³-hybridized carbons (Fsp3) is 0.417. The van der Waals surface area contributed by atoms with Crippen LogP contribution in [0.4, 0.5) is 0 Å². The zero-order valence-electron chi connectivity index (χ0n) is 16.7. The van der Waals surface area contributed by atoms with E-state index >= 15 is 0 Å². The Balaban J connectivity index is 1.53. The molecule has 2 aromatic rings. The van der Waals surface area contributed by atoms with Gasteiger partial charge in [-0.3, -0.25) is 9.69 Å². The number of hydrogen-bond acceptors (Lipinski definition) is 3. The number of halogens is 1. The van der Waals surface area contributed by atoms with Gasteiger partial charge >= 0.3 is 0 Å². The van der Waals surface area contributed by atoms with Gasteiger partial charge in [-0.05, 0) is 42.2 Å². The molecule has 153 valence electrons. The molecule has 2 fully saturated rings. The van der Waals surface area contributed by atoms with E-state index in [4.69, 9.17) is 11.6 Å². The molecule has 1 N–H and O–H groups in total. The van der Waals surface area contributed by atoms with Gasteiger partial charge in [0.05, 0.1) is 0 Å². The van der Waals surface area contributed by atoms with Crippen molar-refractivity contribution in [2.45, 2.75) is 38.1 Å². The highest BCUT2D eigenvalue weighted by Crippen LogP contribution is 2.32. The predicted molar refractivity (Wildman–Crippen MR) is 116 cm³/mol. The van der Waals surface area contributed by atoms with E-state index in [1.54, 1.807) is 24.3 Å². The van der Waals surface area contributed by atoms with E-state index in [-0.39, 0.29) is 11.7 Å². The first-order chi connectivity index (χ1) is 14.1. The number of rotatable bonds is 4. The second-order valence-electron chi connectivity index (χ2n) is 8.02. The normalized spacial score (nSPS) is 18.9. The minimum Gasteiger partial charge on any atom is -0.508 e. The average molecular weight is 412 g/mol. The Bertz CT molecular complexity index is 825. The molecule has 1 aliphatic carbocycles. The van der Waals surface area contributed by atoms with Gasteiger partial charge in [-0.1, -0.05) is 61.2 Å². The molecule has 4 rings (SSSR count). The summed E-state index contributed by atoms with van der Waals surface area (Å²) in [5.74, 6) is 0.787. The van der Waals surface area contributed by atoms with Crippen LogP contribution in [0.5, 0.6) is 5.75 Å². The van der Waals surface area contributed by atoms with Crippen LogP contribution in [0.3, 0.4) is 0 Å². The average Bonchev–Trinajstić information content (AvgIpc) is 2.77.